The van der Waals surface area contributed by atoms with Gasteiger partial charge in [-0.2, -0.15) is 0 Å². The lowest BCUT2D eigenvalue weighted by molar-refractivity contribution is -0.154. The molecule has 2 atom stereocenters. The van der Waals surface area contributed by atoms with Crippen LogP contribution in [0.3, 0.4) is 0 Å². The minimum Gasteiger partial charge on any atom is -0.464 e. The van der Waals surface area contributed by atoms with Gasteiger partial charge < -0.3 is 15.6 Å². The summed E-state index contributed by atoms with van der Waals surface area (Å²) in [5.41, 5.74) is 6.88. The summed E-state index contributed by atoms with van der Waals surface area (Å²) in [5, 5.41) is 9.60. The predicted octanol–water partition coefficient (Wildman–Crippen LogP) is 0.870. The van der Waals surface area contributed by atoms with Gasteiger partial charge in [0.1, 0.15) is 0 Å². The highest BCUT2D eigenvalue weighted by Crippen LogP contribution is 2.07. The number of esters is 1. The number of benzene rings is 1. The summed E-state index contributed by atoms with van der Waals surface area (Å²) in [7, 11) is 0. The van der Waals surface area contributed by atoms with Gasteiger partial charge in [0.15, 0.2) is 6.10 Å². The number of aryl methyl sites for hydroxylation is 1. The first-order valence-electron chi connectivity index (χ1n) is 5.79. The molecule has 0 aromatic heterocycles. The van der Waals surface area contributed by atoms with Gasteiger partial charge in [0, 0.05) is 6.04 Å². The van der Waals surface area contributed by atoms with Crippen LogP contribution in [0.5, 0.6) is 0 Å². The number of carbonyl (C=O) groups excluding carboxylic acids is 1. The zero-order chi connectivity index (χ0) is 12.7. The molecule has 3 N–H and O–H groups in total. The Kier molecular flexibility index (Phi) is 5.66. The van der Waals surface area contributed by atoms with Crippen LogP contribution in [-0.4, -0.2) is 29.8 Å². The number of aliphatic hydroxyl groups is 1. The van der Waals surface area contributed by atoms with E-state index in [1.54, 1.807) is 6.92 Å². The first-order valence-corrected chi connectivity index (χ1v) is 5.79. The van der Waals surface area contributed by atoms with E-state index < -0.39 is 18.1 Å². The van der Waals surface area contributed by atoms with Crippen molar-refractivity contribution in [2.45, 2.75) is 31.9 Å². The average Bonchev–Trinajstić information content (AvgIpc) is 2.36. The van der Waals surface area contributed by atoms with Crippen LogP contribution in [0.2, 0.25) is 0 Å². The largest absolute Gasteiger partial charge is 0.464 e. The van der Waals surface area contributed by atoms with E-state index in [-0.39, 0.29) is 6.61 Å². The molecule has 0 saturated heterocycles. The molecule has 0 aliphatic heterocycles. The molecule has 0 aliphatic carbocycles. The van der Waals surface area contributed by atoms with Crippen molar-refractivity contribution in [3.8, 4) is 0 Å². The summed E-state index contributed by atoms with van der Waals surface area (Å²) >= 11 is 0. The summed E-state index contributed by atoms with van der Waals surface area (Å²) in [6.07, 6.45) is 0.0429. The Labute approximate surface area is 101 Å². The Morgan fingerprint density at radius 1 is 1.41 bits per heavy atom. The highest BCUT2D eigenvalue weighted by atomic mass is 16.5. The number of aliphatic hydroxyl groups excluding tert-OH is 1. The molecule has 0 radical (unpaired) electrons. The van der Waals surface area contributed by atoms with Gasteiger partial charge >= 0.3 is 5.97 Å². The fourth-order valence-corrected chi connectivity index (χ4v) is 1.54. The normalized spacial score (nSPS) is 14.1. The zero-order valence-electron chi connectivity index (χ0n) is 10.0. The van der Waals surface area contributed by atoms with Crippen LogP contribution in [0, 0.1) is 0 Å². The van der Waals surface area contributed by atoms with Gasteiger partial charge in [-0.25, -0.2) is 4.79 Å². The third-order valence-electron chi connectivity index (χ3n) is 2.54. The van der Waals surface area contributed by atoms with Crippen LogP contribution in [0.1, 0.15) is 18.9 Å². The van der Waals surface area contributed by atoms with Crippen LogP contribution in [0.15, 0.2) is 30.3 Å². The Bertz CT molecular complexity index is 340. The van der Waals surface area contributed by atoms with Crippen molar-refractivity contribution < 1.29 is 14.6 Å². The van der Waals surface area contributed by atoms with E-state index in [0.29, 0.717) is 6.42 Å². The summed E-state index contributed by atoms with van der Waals surface area (Å²) in [5.74, 6) is -0.645. The summed E-state index contributed by atoms with van der Waals surface area (Å²) in [6.45, 7) is 1.95. The third-order valence-corrected chi connectivity index (χ3v) is 2.54. The SMILES string of the molecule is CCOC(=O)[C@@H](O)[C@H](N)CCc1ccccc1. The fourth-order valence-electron chi connectivity index (χ4n) is 1.54. The second kappa shape index (κ2) is 7.04. The summed E-state index contributed by atoms with van der Waals surface area (Å²) in [4.78, 5) is 11.2. The van der Waals surface area contributed by atoms with Crippen molar-refractivity contribution >= 4 is 5.97 Å². The van der Waals surface area contributed by atoms with Crippen molar-refractivity contribution in [3.63, 3.8) is 0 Å². The highest BCUT2D eigenvalue weighted by Gasteiger charge is 2.23. The quantitative estimate of drug-likeness (QED) is 0.720. The van der Waals surface area contributed by atoms with Gasteiger partial charge in [-0.15, -0.1) is 0 Å². The average molecular weight is 237 g/mol. The van der Waals surface area contributed by atoms with Crippen molar-refractivity contribution in [1.29, 1.82) is 0 Å². The lowest BCUT2D eigenvalue weighted by Gasteiger charge is -2.17. The first kappa shape index (κ1) is 13.7. The van der Waals surface area contributed by atoms with Crippen LogP contribution in [0.25, 0.3) is 0 Å². The second-order valence-corrected chi connectivity index (χ2v) is 3.89. The van der Waals surface area contributed by atoms with E-state index >= 15 is 0 Å². The van der Waals surface area contributed by atoms with E-state index in [1.165, 1.54) is 0 Å². The maximum atomic E-state index is 11.2. The number of hydrogen-bond acceptors (Lipinski definition) is 4. The highest BCUT2D eigenvalue weighted by molar-refractivity contribution is 5.75. The van der Waals surface area contributed by atoms with Crippen molar-refractivity contribution in [2.24, 2.45) is 5.73 Å². The van der Waals surface area contributed by atoms with Crippen LogP contribution < -0.4 is 5.73 Å². The minimum atomic E-state index is -1.24. The van der Waals surface area contributed by atoms with Crippen LogP contribution in [-0.2, 0) is 16.0 Å². The lowest BCUT2D eigenvalue weighted by Crippen LogP contribution is -2.41. The molecule has 4 nitrogen and oxygen atoms in total. The molecule has 0 unspecified atom stereocenters. The van der Waals surface area contributed by atoms with Crippen molar-refractivity contribution in [2.75, 3.05) is 6.61 Å². The van der Waals surface area contributed by atoms with Crippen molar-refractivity contribution in [1.82, 2.24) is 0 Å². The first-order chi connectivity index (χ1) is 8.15. The van der Waals surface area contributed by atoms with Crippen LogP contribution >= 0.6 is 0 Å². The zero-order valence-corrected chi connectivity index (χ0v) is 10.0. The maximum Gasteiger partial charge on any atom is 0.336 e. The molecule has 1 aromatic rings. The molecule has 0 aliphatic rings. The topological polar surface area (TPSA) is 72.5 Å². The molecule has 0 amide bonds. The molecule has 0 fully saturated rings. The number of rotatable bonds is 6. The van der Waals surface area contributed by atoms with Gasteiger partial charge in [0.05, 0.1) is 6.61 Å². The molecule has 94 valence electrons. The van der Waals surface area contributed by atoms with Crippen LogP contribution in [0.4, 0.5) is 0 Å². The molecule has 1 aromatic carbocycles. The van der Waals surface area contributed by atoms with E-state index in [1.807, 2.05) is 30.3 Å². The minimum absolute atomic E-state index is 0.251. The van der Waals surface area contributed by atoms with Gasteiger partial charge in [-0.1, -0.05) is 30.3 Å². The number of ether oxygens (including phenoxy) is 1. The van der Waals surface area contributed by atoms with E-state index in [2.05, 4.69) is 0 Å². The molecule has 0 heterocycles. The number of carbonyl (C=O) groups is 1. The monoisotopic (exact) mass is 237 g/mol. The molecular weight excluding hydrogens is 218 g/mol. The van der Waals surface area contributed by atoms with Gasteiger partial charge in [0.25, 0.3) is 0 Å². The molecule has 1 rings (SSSR count). The Balaban J connectivity index is 2.39. The van der Waals surface area contributed by atoms with Gasteiger partial charge in [-0.05, 0) is 25.3 Å². The molecule has 0 spiro atoms. The Hall–Kier alpha value is -1.39. The van der Waals surface area contributed by atoms with Gasteiger partial charge in [0.2, 0.25) is 0 Å². The van der Waals surface area contributed by atoms with E-state index in [0.717, 1.165) is 12.0 Å². The third kappa shape index (κ3) is 4.54. The predicted molar refractivity (Wildman–Crippen MR) is 65.4 cm³/mol. The van der Waals surface area contributed by atoms with E-state index in [4.69, 9.17) is 10.5 Å². The van der Waals surface area contributed by atoms with E-state index in [9.17, 15) is 9.90 Å². The van der Waals surface area contributed by atoms with Gasteiger partial charge in [-0.3, -0.25) is 0 Å². The van der Waals surface area contributed by atoms with Crippen molar-refractivity contribution in [3.05, 3.63) is 35.9 Å². The Morgan fingerprint density at radius 2 is 2.06 bits per heavy atom. The number of nitrogens with two attached hydrogens (primary N) is 1. The smallest absolute Gasteiger partial charge is 0.336 e. The molecule has 0 saturated carbocycles. The summed E-state index contributed by atoms with van der Waals surface area (Å²) in [6, 6.07) is 9.23. The lowest BCUT2D eigenvalue weighted by atomic mass is 10.0. The Morgan fingerprint density at radius 3 is 2.65 bits per heavy atom. The maximum absolute atomic E-state index is 11.2. The molecule has 17 heavy (non-hydrogen) atoms. The molecular formula is C13H19NO3. The second-order valence-electron chi connectivity index (χ2n) is 3.89. The molecule has 0 bridgehead atoms. The molecule has 4 heteroatoms. The number of hydrogen-bond donors (Lipinski definition) is 2. The fraction of sp³-hybridized carbons (Fsp3) is 0.462. The summed E-state index contributed by atoms with van der Waals surface area (Å²) < 4.78 is 4.71. The standard InChI is InChI=1S/C13H19NO3/c1-2-17-13(16)12(15)11(14)9-8-10-6-4-3-5-7-10/h3-7,11-12,15H,2,8-9,14H2,1H3/t11-,12+/m1/s1.